The molecule has 1 heterocycles. The number of benzene rings is 1. The van der Waals surface area contributed by atoms with Gasteiger partial charge in [0.25, 0.3) is 0 Å². The molecule has 0 aromatic heterocycles. The Bertz CT molecular complexity index is 657. The second-order valence-electron chi connectivity index (χ2n) is 6.80. The molecule has 1 fully saturated rings. The van der Waals surface area contributed by atoms with Crippen molar-refractivity contribution in [2.24, 2.45) is 0 Å². The number of esters is 1. The summed E-state index contributed by atoms with van der Waals surface area (Å²) in [6.07, 6.45) is 1.89. The number of carbonyl (C=O) groups excluding carboxylic acids is 1. The van der Waals surface area contributed by atoms with Crippen LogP contribution in [0.5, 0.6) is 0 Å². The first-order valence-corrected chi connectivity index (χ1v) is 8.39. The van der Waals surface area contributed by atoms with Crippen LogP contribution in [0.1, 0.15) is 43.6 Å². The minimum absolute atomic E-state index is 0.412. The van der Waals surface area contributed by atoms with Crippen molar-refractivity contribution in [1.82, 2.24) is 0 Å². The number of ether oxygens (including phenoxy) is 1. The summed E-state index contributed by atoms with van der Waals surface area (Å²) >= 11 is 4.39. The van der Waals surface area contributed by atoms with Crippen LogP contribution in [0.4, 0.5) is 5.69 Å². The van der Waals surface area contributed by atoms with Crippen LogP contribution >= 0.6 is 12.6 Å². The van der Waals surface area contributed by atoms with E-state index in [9.17, 15) is 4.79 Å². The summed E-state index contributed by atoms with van der Waals surface area (Å²) in [6.45, 7) is 8.01. The van der Waals surface area contributed by atoms with E-state index in [1.54, 1.807) is 18.2 Å². The van der Waals surface area contributed by atoms with Crippen LogP contribution in [0.15, 0.2) is 23.7 Å². The molecule has 0 bridgehead atoms. The Labute approximate surface area is 149 Å². The highest BCUT2D eigenvalue weighted by Crippen LogP contribution is 2.39. The predicted molar refractivity (Wildman–Crippen MR) is 100 cm³/mol. The number of methoxy groups -OCH3 is 1. The minimum atomic E-state index is -0.479. The van der Waals surface area contributed by atoms with E-state index in [2.05, 4.69) is 12.6 Å². The third-order valence-electron chi connectivity index (χ3n) is 4.59. The average Bonchev–Trinajstić information content (AvgIpc) is 2.73. The topological polar surface area (TPSA) is 70.8 Å². The summed E-state index contributed by atoms with van der Waals surface area (Å²) in [6, 6.07) is 5.04. The molecular weight excluding hydrogens is 325 g/mol. The van der Waals surface area contributed by atoms with Crippen LogP contribution in [0.2, 0.25) is 0 Å². The first-order valence-electron chi connectivity index (χ1n) is 7.76. The van der Waals surface area contributed by atoms with E-state index >= 15 is 0 Å². The van der Waals surface area contributed by atoms with Gasteiger partial charge in [0.1, 0.15) is 0 Å². The number of hydrogen-bond acceptors (Lipinski definition) is 6. The summed E-state index contributed by atoms with van der Waals surface area (Å²) < 4.78 is 16.8. The maximum absolute atomic E-state index is 11.6. The first-order chi connectivity index (χ1) is 11.1. The van der Waals surface area contributed by atoms with Crippen LogP contribution in [0.25, 0.3) is 6.08 Å². The summed E-state index contributed by atoms with van der Waals surface area (Å²) in [5.41, 5.74) is 7.77. The quantitative estimate of drug-likeness (QED) is 0.378. The summed E-state index contributed by atoms with van der Waals surface area (Å²) in [5.74, 6) is 0.0484. The molecule has 1 aliphatic heterocycles. The Hall–Kier alpha value is -1.44. The van der Waals surface area contributed by atoms with Crippen molar-refractivity contribution >= 4 is 37.5 Å². The van der Waals surface area contributed by atoms with Crippen LogP contribution in [0.3, 0.4) is 0 Å². The normalized spacial score (nSPS) is 19.4. The average molecular weight is 349 g/mol. The molecule has 1 saturated heterocycles. The van der Waals surface area contributed by atoms with Crippen LogP contribution < -0.4 is 5.73 Å². The molecule has 0 amide bonds. The van der Waals surface area contributed by atoms with E-state index in [0.717, 1.165) is 11.0 Å². The Kier molecular flexibility index (Phi) is 5.37. The van der Waals surface area contributed by atoms with Gasteiger partial charge in [-0.2, -0.15) is 12.6 Å². The molecule has 1 aliphatic rings. The largest absolute Gasteiger partial charge is 0.491 e. The highest BCUT2D eigenvalue weighted by Gasteiger charge is 2.52. The zero-order valence-electron chi connectivity index (χ0n) is 14.8. The highest BCUT2D eigenvalue weighted by molar-refractivity contribution is 7.80. The number of thiol groups is 1. The van der Waals surface area contributed by atoms with Gasteiger partial charge in [-0.05, 0) is 50.9 Å². The molecule has 130 valence electrons. The summed E-state index contributed by atoms with van der Waals surface area (Å²) in [5, 5.41) is 0. The number of hydrogen-bond donors (Lipinski definition) is 2. The van der Waals surface area contributed by atoms with E-state index in [1.165, 1.54) is 7.11 Å². The molecule has 0 atom stereocenters. The summed E-state index contributed by atoms with van der Waals surface area (Å²) in [7, 11) is 0.857. The maximum atomic E-state index is 11.6. The van der Waals surface area contributed by atoms with Gasteiger partial charge in [-0.3, -0.25) is 0 Å². The summed E-state index contributed by atoms with van der Waals surface area (Å²) in [4.78, 5) is 11.6. The van der Waals surface area contributed by atoms with Gasteiger partial charge in [-0.25, -0.2) is 4.79 Å². The molecule has 2 rings (SSSR count). The molecule has 0 radical (unpaired) electrons. The molecule has 24 heavy (non-hydrogen) atoms. The lowest BCUT2D eigenvalue weighted by molar-refractivity contribution is 0.00578. The molecule has 0 saturated carbocycles. The Morgan fingerprint density at radius 2 is 1.88 bits per heavy atom. The number of anilines is 1. The van der Waals surface area contributed by atoms with Gasteiger partial charge in [0.2, 0.25) is 0 Å². The lowest BCUT2D eigenvalue weighted by atomic mass is 9.78. The Morgan fingerprint density at radius 1 is 1.29 bits per heavy atom. The highest BCUT2D eigenvalue weighted by atomic mass is 32.1. The van der Waals surface area contributed by atoms with Crippen molar-refractivity contribution < 1.29 is 18.8 Å². The van der Waals surface area contributed by atoms with E-state index in [1.807, 2.05) is 33.8 Å². The number of nitrogen functional groups attached to an aromatic ring is 1. The van der Waals surface area contributed by atoms with E-state index in [4.69, 9.17) is 19.8 Å². The lowest BCUT2D eigenvalue weighted by Gasteiger charge is -2.32. The Balaban J connectivity index is 2.30. The van der Waals surface area contributed by atoms with Gasteiger partial charge in [0, 0.05) is 11.4 Å². The molecule has 1 aromatic rings. The van der Waals surface area contributed by atoms with Gasteiger partial charge in [0.05, 0.1) is 23.9 Å². The van der Waals surface area contributed by atoms with Crippen molar-refractivity contribution in [3.63, 3.8) is 0 Å². The maximum Gasteiger partial charge on any atom is 0.491 e. The van der Waals surface area contributed by atoms with E-state index in [0.29, 0.717) is 17.0 Å². The van der Waals surface area contributed by atoms with Crippen molar-refractivity contribution in [2.75, 3.05) is 18.6 Å². The predicted octanol–water partition coefficient (Wildman–Crippen LogP) is 3.00. The van der Waals surface area contributed by atoms with Gasteiger partial charge < -0.3 is 19.8 Å². The molecular formula is C17H24BNO4S. The fourth-order valence-corrected chi connectivity index (χ4v) is 2.57. The van der Waals surface area contributed by atoms with Crippen molar-refractivity contribution in [1.29, 1.82) is 0 Å². The molecule has 0 unspecified atom stereocenters. The third-order valence-corrected chi connectivity index (χ3v) is 4.95. The Morgan fingerprint density at radius 3 is 2.33 bits per heavy atom. The van der Waals surface area contributed by atoms with Crippen LogP contribution in [-0.4, -0.2) is 37.2 Å². The SMILES string of the molecule is COC(=O)c1ccc(C=C(CS)B2OC(C)(C)C(C)(C)O2)c(N)c1. The molecule has 0 aliphatic carbocycles. The molecule has 0 spiro atoms. The third kappa shape index (κ3) is 3.63. The number of carbonyl (C=O) groups is 1. The van der Waals surface area contributed by atoms with Crippen molar-refractivity contribution in [3.8, 4) is 0 Å². The van der Waals surface area contributed by atoms with E-state index < -0.39 is 24.3 Å². The smallest absolute Gasteiger partial charge is 0.465 e. The molecule has 2 N–H and O–H groups in total. The molecule has 1 aromatic carbocycles. The van der Waals surface area contributed by atoms with Crippen LogP contribution in [-0.2, 0) is 14.0 Å². The standard InChI is InChI=1S/C17H24BNO4S/c1-16(2)17(3,4)23-18(22-16)13(10-24)8-11-6-7-12(9-14(11)19)15(20)21-5/h6-9,24H,10,19H2,1-5H3. The van der Waals surface area contributed by atoms with E-state index in [-0.39, 0.29) is 0 Å². The molecule has 5 nitrogen and oxygen atoms in total. The van der Waals surface area contributed by atoms with Gasteiger partial charge in [-0.15, -0.1) is 0 Å². The fraction of sp³-hybridized carbons (Fsp3) is 0.471. The van der Waals surface area contributed by atoms with Gasteiger partial charge >= 0.3 is 13.1 Å². The van der Waals surface area contributed by atoms with Crippen molar-refractivity contribution in [3.05, 3.63) is 34.8 Å². The fourth-order valence-electron chi connectivity index (χ4n) is 2.33. The second kappa shape index (κ2) is 6.82. The first kappa shape index (κ1) is 18.9. The number of nitrogens with two attached hydrogens (primary N) is 1. The number of rotatable bonds is 4. The second-order valence-corrected chi connectivity index (χ2v) is 7.12. The van der Waals surface area contributed by atoms with Gasteiger partial charge in [-0.1, -0.05) is 12.1 Å². The zero-order chi connectivity index (χ0) is 18.1. The zero-order valence-corrected chi connectivity index (χ0v) is 15.6. The van der Waals surface area contributed by atoms with Gasteiger partial charge in [0.15, 0.2) is 0 Å². The van der Waals surface area contributed by atoms with Crippen molar-refractivity contribution in [2.45, 2.75) is 38.9 Å². The molecule has 7 heteroatoms. The minimum Gasteiger partial charge on any atom is -0.465 e. The monoisotopic (exact) mass is 349 g/mol. The van der Waals surface area contributed by atoms with Crippen LogP contribution in [0, 0.1) is 0 Å². The lowest BCUT2D eigenvalue weighted by Crippen LogP contribution is -2.41.